The number of ketones is 1. The number of aliphatic hydroxyl groups is 1. The fraction of sp³-hybridized carbons (Fsp3) is 0.333. The molecule has 0 bridgehead atoms. The fourth-order valence-corrected chi connectivity index (χ4v) is 3.88. The van der Waals surface area contributed by atoms with Crippen LogP contribution in [0.15, 0.2) is 65.9 Å². The fourth-order valence-electron chi connectivity index (χ4n) is 3.76. The first-order chi connectivity index (χ1) is 14.4. The Labute approximate surface area is 182 Å². The van der Waals surface area contributed by atoms with Crippen LogP contribution < -0.4 is 0 Å². The predicted molar refractivity (Wildman–Crippen MR) is 119 cm³/mol. The first-order valence-electron chi connectivity index (χ1n) is 10.1. The van der Waals surface area contributed by atoms with Crippen molar-refractivity contribution in [3.05, 3.63) is 82.1 Å². The number of Topliss-reactive ketones (excluding diaryl/α,β-unsaturated/α-hetero) is 1. The molecule has 1 heterocycles. The minimum absolute atomic E-state index is 0.183. The van der Waals surface area contributed by atoms with Gasteiger partial charge in [-0.05, 0) is 56.7 Å². The molecule has 3 rings (SSSR count). The summed E-state index contributed by atoms with van der Waals surface area (Å²) < 4.78 is 0. The average Bonchev–Trinajstić information content (AvgIpc) is 2.98. The zero-order valence-electron chi connectivity index (χ0n) is 17.3. The molecular formula is C24H27ClN2O3. The molecule has 0 spiro atoms. The molecule has 30 heavy (non-hydrogen) atoms. The normalized spacial score (nSPS) is 16.6. The third kappa shape index (κ3) is 5.10. The van der Waals surface area contributed by atoms with Gasteiger partial charge in [0.15, 0.2) is 11.5 Å². The Morgan fingerprint density at radius 3 is 2.40 bits per heavy atom. The van der Waals surface area contributed by atoms with Crippen LogP contribution in [0.25, 0.3) is 0 Å². The van der Waals surface area contributed by atoms with E-state index >= 15 is 0 Å². The number of aliphatic hydroxyl groups excluding tert-OH is 1. The van der Waals surface area contributed by atoms with E-state index < -0.39 is 17.7 Å². The van der Waals surface area contributed by atoms with Gasteiger partial charge in [0.05, 0.1) is 11.6 Å². The number of nitrogens with zero attached hydrogens (tertiary/aromatic N) is 2. The van der Waals surface area contributed by atoms with Crippen molar-refractivity contribution in [2.24, 2.45) is 0 Å². The summed E-state index contributed by atoms with van der Waals surface area (Å²) >= 11 is 6.03. The highest BCUT2D eigenvalue weighted by Crippen LogP contribution is 2.38. The van der Waals surface area contributed by atoms with Gasteiger partial charge in [0.25, 0.3) is 5.91 Å². The van der Waals surface area contributed by atoms with Gasteiger partial charge in [0, 0.05) is 18.0 Å². The molecule has 0 aliphatic carbocycles. The van der Waals surface area contributed by atoms with Gasteiger partial charge >= 0.3 is 0 Å². The Bertz CT molecular complexity index is 923. The molecule has 0 saturated carbocycles. The minimum Gasteiger partial charge on any atom is -0.503 e. The van der Waals surface area contributed by atoms with Crippen molar-refractivity contribution in [2.45, 2.75) is 25.3 Å². The quantitative estimate of drug-likeness (QED) is 0.653. The summed E-state index contributed by atoms with van der Waals surface area (Å²) in [6.45, 7) is 1.25. The number of benzene rings is 2. The zero-order chi connectivity index (χ0) is 21.7. The van der Waals surface area contributed by atoms with Gasteiger partial charge in [0.2, 0.25) is 0 Å². The van der Waals surface area contributed by atoms with Gasteiger partial charge in [-0.3, -0.25) is 9.59 Å². The van der Waals surface area contributed by atoms with Crippen LogP contribution >= 0.6 is 11.6 Å². The van der Waals surface area contributed by atoms with Crippen molar-refractivity contribution in [1.82, 2.24) is 9.80 Å². The Kier molecular flexibility index (Phi) is 7.29. The highest BCUT2D eigenvalue weighted by Gasteiger charge is 2.42. The van der Waals surface area contributed by atoms with Crippen molar-refractivity contribution in [2.75, 3.05) is 27.2 Å². The molecule has 6 heteroatoms. The Balaban J connectivity index is 1.86. The van der Waals surface area contributed by atoms with E-state index in [1.807, 2.05) is 61.5 Å². The first-order valence-corrected chi connectivity index (χ1v) is 10.5. The number of carbonyl (C=O) groups is 2. The van der Waals surface area contributed by atoms with Gasteiger partial charge in [-0.25, -0.2) is 0 Å². The van der Waals surface area contributed by atoms with Crippen molar-refractivity contribution in [3.63, 3.8) is 0 Å². The highest BCUT2D eigenvalue weighted by molar-refractivity contribution is 6.30. The second-order valence-electron chi connectivity index (χ2n) is 7.78. The summed E-state index contributed by atoms with van der Waals surface area (Å²) in [5.41, 5.74) is 1.99. The van der Waals surface area contributed by atoms with E-state index in [1.54, 1.807) is 17.0 Å². The van der Waals surface area contributed by atoms with Crippen LogP contribution in [0.2, 0.25) is 5.02 Å². The molecular weight excluding hydrogens is 400 g/mol. The van der Waals surface area contributed by atoms with E-state index in [4.69, 9.17) is 11.6 Å². The molecule has 0 aromatic heterocycles. The van der Waals surface area contributed by atoms with Crippen LogP contribution in [0.1, 0.15) is 30.0 Å². The summed E-state index contributed by atoms with van der Waals surface area (Å²) in [5.74, 6) is -1.13. The van der Waals surface area contributed by atoms with Crippen molar-refractivity contribution >= 4 is 23.3 Å². The number of rotatable bonds is 9. The molecule has 2 aromatic rings. The molecule has 1 amide bonds. The molecule has 1 aliphatic rings. The van der Waals surface area contributed by atoms with E-state index in [0.717, 1.165) is 24.1 Å². The second-order valence-corrected chi connectivity index (χ2v) is 8.22. The third-order valence-electron chi connectivity index (χ3n) is 5.28. The monoisotopic (exact) mass is 426 g/mol. The minimum atomic E-state index is -0.597. The average molecular weight is 427 g/mol. The standard InChI is InChI=1S/C24H27ClN2O3/c1-26(2)15-6-16-27-22(18-10-12-19(25)13-11-18)21(23(29)24(27)30)20(28)14-9-17-7-4-3-5-8-17/h3-5,7-8,10-13,22,29H,6,9,14-16H2,1-2H3. The maximum Gasteiger partial charge on any atom is 0.290 e. The zero-order valence-corrected chi connectivity index (χ0v) is 18.1. The van der Waals surface area contributed by atoms with Gasteiger partial charge in [-0.1, -0.05) is 54.1 Å². The van der Waals surface area contributed by atoms with E-state index in [2.05, 4.69) is 0 Å². The maximum absolute atomic E-state index is 13.1. The Morgan fingerprint density at radius 2 is 1.77 bits per heavy atom. The lowest BCUT2D eigenvalue weighted by Crippen LogP contribution is -2.33. The number of halogens is 1. The lowest BCUT2D eigenvalue weighted by Gasteiger charge is -2.27. The first kappa shape index (κ1) is 22.1. The lowest BCUT2D eigenvalue weighted by atomic mass is 9.93. The molecule has 2 aromatic carbocycles. The van der Waals surface area contributed by atoms with Gasteiger partial charge in [-0.2, -0.15) is 0 Å². The molecule has 0 radical (unpaired) electrons. The van der Waals surface area contributed by atoms with Crippen molar-refractivity contribution in [1.29, 1.82) is 0 Å². The number of hydrogen-bond acceptors (Lipinski definition) is 4. The lowest BCUT2D eigenvalue weighted by molar-refractivity contribution is -0.129. The number of aryl methyl sites for hydroxylation is 1. The van der Waals surface area contributed by atoms with Gasteiger partial charge in [-0.15, -0.1) is 0 Å². The molecule has 158 valence electrons. The second kappa shape index (κ2) is 9.92. The van der Waals surface area contributed by atoms with Crippen molar-refractivity contribution in [3.8, 4) is 0 Å². The molecule has 1 unspecified atom stereocenters. The molecule has 5 nitrogen and oxygen atoms in total. The number of carbonyl (C=O) groups excluding carboxylic acids is 2. The summed E-state index contributed by atoms with van der Waals surface area (Å²) in [4.78, 5) is 29.6. The maximum atomic E-state index is 13.1. The van der Waals surface area contributed by atoms with Crippen LogP contribution in [0.5, 0.6) is 0 Å². The van der Waals surface area contributed by atoms with Crippen LogP contribution in [-0.4, -0.2) is 53.8 Å². The predicted octanol–water partition coefficient (Wildman–Crippen LogP) is 4.19. The van der Waals surface area contributed by atoms with E-state index in [1.165, 1.54) is 0 Å². The molecule has 0 saturated heterocycles. The molecule has 1 atom stereocenters. The van der Waals surface area contributed by atoms with E-state index in [0.29, 0.717) is 18.0 Å². The SMILES string of the molecule is CN(C)CCCN1C(=O)C(O)=C(C(=O)CCc2ccccc2)C1c1ccc(Cl)cc1. The van der Waals surface area contributed by atoms with Gasteiger partial charge < -0.3 is 14.9 Å². The molecule has 0 fully saturated rings. The summed E-state index contributed by atoms with van der Waals surface area (Å²) in [6.07, 6.45) is 1.52. The third-order valence-corrected chi connectivity index (χ3v) is 5.53. The van der Waals surface area contributed by atoms with Crippen LogP contribution in [-0.2, 0) is 16.0 Å². The van der Waals surface area contributed by atoms with Gasteiger partial charge in [0.1, 0.15) is 0 Å². The van der Waals surface area contributed by atoms with Crippen LogP contribution in [0.3, 0.4) is 0 Å². The summed E-state index contributed by atoms with van der Waals surface area (Å²) in [5, 5.41) is 11.2. The number of amides is 1. The molecule has 1 N–H and O–H groups in total. The highest BCUT2D eigenvalue weighted by atomic mass is 35.5. The number of hydrogen-bond donors (Lipinski definition) is 1. The van der Waals surface area contributed by atoms with E-state index in [-0.39, 0.29) is 17.8 Å². The van der Waals surface area contributed by atoms with Crippen molar-refractivity contribution < 1.29 is 14.7 Å². The van der Waals surface area contributed by atoms with Crippen LogP contribution in [0.4, 0.5) is 0 Å². The smallest absolute Gasteiger partial charge is 0.290 e. The summed E-state index contributed by atoms with van der Waals surface area (Å²) in [6, 6.07) is 16.2. The van der Waals surface area contributed by atoms with E-state index in [9.17, 15) is 14.7 Å². The Morgan fingerprint density at radius 1 is 1.10 bits per heavy atom. The van der Waals surface area contributed by atoms with Crippen LogP contribution in [0, 0.1) is 0 Å². The molecule has 1 aliphatic heterocycles. The largest absolute Gasteiger partial charge is 0.503 e. The Hall–Kier alpha value is -2.63. The topological polar surface area (TPSA) is 60.9 Å². The summed E-state index contributed by atoms with van der Waals surface area (Å²) in [7, 11) is 3.94.